The fourth-order valence-electron chi connectivity index (χ4n) is 1.63. The molecule has 18 heavy (non-hydrogen) atoms. The van der Waals surface area contributed by atoms with Crippen molar-refractivity contribution in [3.63, 3.8) is 0 Å². The van der Waals surface area contributed by atoms with Gasteiger partial charge in [-0.25, -0.2) is 0 Å². The largest absolute Gasteiger partial charge is 0.380 e. The van der Waals surface area contributed by atoms with Crippen LogP contribution in [0.5, 0.6) is 0 Å². The van der Waals surface area contributed by atoms with E-state index in [-0.39, 0.29) is 10.6 Å². The number of para-hydroxylation sites is 1. The number of rotatable bonds is 9. The monoisotopic (exact) mass is 252 g/mol. The van der Waals surface area contributed by atoms with Gasteiger partial charge in [0.05, 0.1) is 18.1 Å². The molecule has 1 N–H and O–H groups in total. The van der Waals surface area contributed by atoms with E-state index in [1.54, 1.807) is 12.1 Å². The van der Waals surface area contributed by atoms with Crippen molar-refractivity contribution in [2.24, 2.45) is 0 Å². The summed E-state index contributed by atoms with van der Waals surface area (Å²) in [5, 5.41) is 14.0. The van der Waals surface area contributed by atoms with Crippen molar-refractivity contribution in [2.75, 3.05) is 26.3 Å². The zero-order valence-corrected chi connectivity index (χ0v) is 10.7. The molecule has 0 bridgehead atoms. The Balaban J connectivity index is 2.25. The molecule has 5 heteroatoms. The van der Waals surface area contributed by atoms with E-state index in [9.17, 15) is 10.1 Å². The molecule has 0 aliphatic rings. The van der Waals surface area contributed by atoms with Crippen LogP contribution in [0.3, 0.4) is 0 Å². The maximum absolute atomic E-state index is 10.8. The molecule has 1 aromatic rings. The van der Waals surface area contributed by atoms with Crippen LogP contribution in [0.4, 0.5) is 5.69 Å². The summed E-state index contributed by atoms with van der Waals surface area (Å²) in [7, 11) is 0. The molecule has 0 unspecified atom stereocenters. The molecule has 0 radical (unpaired) electrons. The highest BCUT2D eigenvalue weighted by molar-refractivity contribution is 5.39. The van der Waals surface area contributed by atoms with Crippen molar-refractivity contribution in [3.8, 4) is 0 Å². The zero-order chi connectivity index (χ0) is 13.2. The third kappa shape index (κ3) is 5.25. The first-order chi connectivity index (χ1) is 8.75. The zero-order valence-electron chi connectivity index (χ0n) is 10.7. The van der Waals surface area contributed by atoms with Crippen LogP contribution in [0.1, 0.15) is 18.9 Å². The molecule has 1 aromatic carbocycles. The predicted octanol–water partition coefficient (Wildman–Crippen LogP) is 2.15. The third-order valence-corrected chi connectivity index (χ3v) is 2.55. The highest BCUT2D eigenvalue weighted by Gasteiger charge is 2.11. The van der Waals surface area contributed by atoms with Crippen LogP contribution in [-0.4, -0.2) is 31.2 Å². The first-order valence-corrected chi connectivity index (χ1v) is 6.26. The second kappa shape index (κ2) is 8.60. The molecule has 5 nitrogen and oxygen atoms in total. The molecule has 0 saturated heterocycles. The van der Waals surface area contributed by atoms with Crippen LogP contribution in [0.2, 0.25) is 0 Å². The van der Waals surface area contributed by atoms with E-state index in [1.807, 2.05) is 6.07 Å². The number of nitrogens with zero attached hydrogens (tertiary/aromatic N) is 1. The van der Waals surface area contributed by atoms with Gasteiger partial charge in [-0.05, 0) is 13.0 Å². The van der Waals surface area contributed by atoms with E-state index < -0.39 is 0 Å². The summed E-state index contributed by atoms with van der Waals surface area (Å²) >= 11 is 0. The Labute approximate surface area is 107 Å². The fraction of sp³-hybridized carbons (Fsp3) is 0.538. The number of nitrogens with one attached hydrogen (secondary N) is 1. The van der Waals surface area contributed by atoms with Gasteiger partial charge in [0.1, 0.15) is 0 Å². The molecule has 0 aromatic heterocycles. The molecule has 0 spiro atoms. The Morgan fingerprint density at radius 2 is 2.06 bits per heavy atom. The minimum atomic E-state index is -0.349. The lowest BCUT2D eigenvalue weighted by Gasteiger charge is -2.05. The highest BCUT2D eigenvalue weighted by atomic mass is 16.6. The van der Waals surface area contributed by atoms with E-state index in [1.165, 1.54) is 6.07 Å². The quantitative estimate of drug-likeness (QED) is 0.415. The van der Waals surface area contributed by atoms with Crippen LogP contribution in [0, 0.1) is 10.1 Å². The fourth-order valence-corrected chi connectivity index (χ4v) is 1.63. The lowest BCUT2D eigenvalue weighted by atomic mass is 10.1. The maximum Gasteiger partial charge on any atom is 0.272 e. The summed E-state index contributed by atoms with van der Waals surface area (Å²) in [6.07, 6.45) is 1.68. The lowest BCUT2D eigenvalue weighted by molar-refractivity contribution is -0.385. The number of benzene rings is 1. The SMILES string of the molecule is CCCNCCOCCc1ccccc1[N+](=O)[O-]. The normalized spacial score (nSPS) is 10.5. The van der Waals surface area contributed by atoms with Crippen LogP contribution >= 0.6 is 0 Å². The first kappa shape index (κ1) is 14.6. The van der Waals surface area contributed by atoms with E-state index in [0.29, 0.717) is 19.6 Å². The van der Waals surface area contributed by atoms with Crippen molar-refractivity contribution in [1.29, 1.82) is 0 Å². The topological polar surface area (TPSA) is 64.4 Å². The summed E-state index contributed by atoms with van der Waals surface area (Å²) in [4.78, 5) is 10.4. The Morgan fingerprint density at radius 3 is 2.78 bits per heavy atom. The van der Waals surface area contributed by atoms with Gasteiger partial charge < -0.3 is 10.1 Å². The molecule has 100 valence electrons. The van der Waals surface area contributed by atoms with Crippen LogP contribution in [0.25, 0.3) is 0 Å². The summed E-state index contributed by atoms with van der Waals surface area (Å²) in [6.45, 7) is 5.08. The van der Waals surface area contributed by atoms with Gasteiger partial charge in [0.25, 0.3) is 5.69 Å². The average Bonchev–Trinajstić information content (AvgIpc) is 2.38. The van der Waals surface area contributed by atoms with Crippen molar-refractivity contribution < 1.29 is 9.66 Å². The van der Waals surface area contributed by atoms with Gasteiger partial charge in [-0.2, -0.15) is 0 Å². The Hall–Kier alpha value is -1.46. The second-order valence-electron chi connectivity index (χ2n) is 4.00. The summed E-state index contributed by atoms with van der Waals surface area (Å²) in [6, 6.07) is 6.79. The Bertz CT molecular complexity index is 369. The Morgan fingerprint density at radius 1 is 1.28 bits per heavy atom. The number of hydrogen-bond donors (Lipinski definition) is 1. The minimum Gasteiger partial charge on any atom is -0.380 e. The number of nitro groups is 1. The molecule has 0 aliphatic heterocycles. The highest BCUT2D eigenvalue weighted by Crippen LogP contribution is 2.17. The number of ether oxygens (including phenoxy) is 1. The molecular formula is C13H20N2O3. The van der Waals surface area contributed by atoms with E-state index in [2.05, 4.69) is 12.2 Å². The molecular weight excluding hydrogens is 232 g/mol. The average molecular weight is 252 g/mol. The first-order valence-electron chi connectivity index (χ1n) is 6.26. The molecule has 0 fully saturated rings. The van der Waals surface area contributed by atoms with Gasteiger partial charge >= 0.3 is 0 Å². The summed E-state index contributed by atoms with van der Waals surface area (Å²) in [5.41, 5.74) is 0.897. The van der Waals surface area contributed by atoms with Crippen molar-refractivity contribution in [2.45, 2.75) is 19.8 Å². The lowest BCUT2D eigenvalue weighted by Crippen LogP contribution is -2.20. The predicted molar refractivity (Wildman–Crippen MR) is 70.8 cm³/mol. The van der Waals surface area contributed by atoms with Gasteiger partial charge in [-0.15, -0.1) is 0 Å². The molecule has 0 heterocycles. The molecule has 0 amide bonds. The van der Waals surface area contributed by atoms with Gasteiger partial charge in [0.2, 0.25) is 0 Å². The van der Waals surface area contributed by atoms with Crippen molar-refractivity contribution in [3.05, 3.63) is 39.9 Å². The maximum atomic E-state index is 10.8. The van der Waals surface area contributed by atoms with E-state index >= 15 is 0 Å². The van der Waals surface area contributed by atoms with Crippen LogP contribution < -0.4 is 5.32 Å². The molecule has 0 saturated carbocycles. The second-order valence-corrected chi connectivity index (χ2v) is 4.00. The van der Waals surface area contributed by atoms with Gasteiger partial charge in [0.15, 0.2) is 0 Å². The van der Waals surface area contributed by atoms with Gasteiger partial charge in [-0.1, -0.05) is 25.1 Å². The smallest absolute Gasteiger partial charge is 0.272 e. The Kier molecular flexibility index (Phi) is 6.98. The van der Waals surface area contributed by atoms with E-state index in [4.69, 9.17) is 4.74 Å². The molecule has 0 atom stereocenters. The molecule has 0 aliphatic carbocycles. The number of nitro benzene ring substituents is 1. The van der Waals surface area contributed by atoms with Crippen molar-refractivity contribution in [1.82, 2.24) is 5.32 Å². The third-order valence-electron chi connectivity index (χ3n) is 2.55. The van der Waals surface area contributed by atoms with Crippen LogP contribution in [-0.2, 0) is 11.2 Å². The van der Waals surface area contributed by atoms with E-state index in [0.717, 1.165) is 25.1 Å². The number of hydrogen-bond acceptors (Lipinski definition) is 4. The van der Waals surface area contributed by atoms with Crippen molar-refractivity contribution >= 4 is 5.69 Å². The summed E-state index contributed by atoms with van der Waals surface area (Å²) < 4.78 is 5.43. The van der Waals surface area contributed by atoms with Gasteiger partial charge in [-0.3, -0.25) is 10.1 Å². The standard InChI is InChI=1S/C13H20N2O3/c1-2-8-14-9-11-18-10-7-12-5-3-4-6-13(12)15(16)17/h3-6,14H,2,7-11H2,1H3. The van der Waals surface area contributed by atoms with Gasteiger partial charge in [0, 0.05) is 24.6 Å². The molecule has 1 rings (SSSR count). The minimum absolute atomic E-state index is 0.171. The summed E-state index contributed by atoms with van der Waals surface area (Å²) in [5.74, 6) is 0. The van der Waals surface area contributed by atoms with Crippen LogP contribution in [0.15, 0.2) is 24.3 Å².